The molecule has 1 rings (SSSR count). The van der Waals surface area contributed by atoms with Crippen LogP contribution in [0.15, 0.2) is 4.99 Å². The zero-order valence-electron chi connectivity index (χ0n) is 12.8. The Kier molecular flexibility index (Phi) is 11.7. The van der Waals surface area contributed by atoms with E-state index in [0.717, 1.165) is 38.7 Å². The molecule has 0 amide bonds. The minimum atomic E-state index is 0. The van der Waals surface area contributed by atoms with Crippen molar-refractivity contribution >= 4 is 29.9 Å². The van der Waals surface area contributed by atoms with E-state index in [1.54, 1.807) is 0 Å². The average Bonchev–Trinajstić information content (AvgIpc) is 2.89. The van der Waals surface area contributed by atoms with Crippen LogP contribution in [0.2, 0.25) is 0 Å². The van der Waals surface area contributed by atoms with Crippen LogP contribution in [0.5, 0.6) is 0 Å². The SMILES string of the molecule is CCCCN(C)CCN=C(NCC)N1CCCC1.I. The summed E-state index contributed by atoms with van der Waals surface area (Å²) in [6, 6.07) is 0. The van der Waals surface area contributed by atoms with E-state index >= 15 is 0 Å². The van der Waals surface area contributed by atoms with E-state index in [1.807, 2.05) is 0 Å². The number of guanidine groups is 1. The molecule has 19 heavy (non-hydrogen) atoms. The minimum Gasteiger partial charge on any atom is -0.357 e. The van der Waals surface area contributed by atoms with Crippen LogP contribution in [0.4, 0.5) is 0 Å². The molecule has 5 heteroatoms. The van der Waals surface area contributed by atoms with Gasteiger partial charge in [0.2, 0.25) is 0 Å². The van der Waals surface area contributed by atoms with Crippen molar-refractivity contribution in [1.82, 2.24) is 15.1 Å². The van der Waals surface area contributed by atoms with Gasteiger partial charge in [-0.3, -0.25) is 4.99 Å². The number of hydrogen-bond donors (Lipinski definition) is 1. The van der Waals surface area contributed by atoms with Crippen LogP contribution in [0.3, 0.4) is 0 Å². The molecule has 0 bridgehead atoms. The van der Waals surface area contributed by atoms with Gasteiger partial charge in [-0.15, -0.1) is 24.0 Å². The van der Waals surface area contributed by atoms with Gasteiger partial charge < -0.3 is 15.1 Å². The van der Waals surface area contributed by atoms with Crippen molar-refractivity contribution in [3.8, 4) is 0 Å². The Morgan fingerprint density at radius 2 is 1.89 bits per heavy atom. The molecular formula is C14H31IN4. The molecule has 0 unspecified atom stereocenters. The second-order valence-corrected chi connectivity index (χ2v) is 5.09. The van der Waals surface area contributed by atoms with Crippen LogP contribution in [0, 0.1) is 0 Å². The van der Waals surface area contributed by atoms with Crippen molar-refractivity contribution in [2.24, 2.45) is 4.99 Å². The normalized spacial score (nSPS) is 15.8. The third-order valence-corrected chi connectivity index (χ3v) is 3.38. The van der Waals surface area contributed by atoms with Crippen LogP contribution in [-0.4, -0.2) is 62.1 Å². The summed E-state index contributed by atoms with van der Waals surface area (Å²) in [7, 11) is 2.19. The Balaban J connectivity index is 0.00000324. The summed E-state index contributed by atoms with van der Waals surface area (Å²) >= 11 is 0. The van der Waals surface area contributed by atoms with Gasteiger partial charge in [0.05, 0.1) is 6.54 Å². The number of unbranched alkanes of at least 4 members (excludes halogenated alkanes) is 1. The Morgan fingerprint density at radius 3 is 2.47 bits per heavy atom. The zero-order chi connectivity index (χ0) is 13.2. The zero-order valence-corrected chi connectivity index (χ0v) is 15.2. The van der Waals surface area contributed by atoms with Crippen molar-refractivity contribution in [3.63, 3.8) is 0 Å². The molecule has 0 spiro atoms. The van der Waals surface area contributed by atoms with Gasteiger partial charge in [-0.25, -0.2) is 0 Å². The standard InChI is InChI=1S/C14H30N4.HI/c1-4-6-10-17(3)13-9-16-14(15-5-2)18-11-7-8-12-18;/h4-13H2,1-3H3,(H,15,16);1H. The molecule has 1 aliphatic heterocycles. The second kappa shape index (κ2) is 11.8. The van der Waals surface area contributed by atoms with E-state index in [0.29, 0.717) is 0 Å². The van der Waals surface area contributed by atoms with Gasteiger partial charge in [0.15, 0.2) is 5.96 Å². The lowest BCUT2D eigenvalue weighted by Crippen LogP contribution is -2.40. The van der Waals surface area contributed by atoms with E-state index in [2.05, 4.69) is 36.0 Å². The molecule has 1 heterocycles. The van der Waals surface area contributed by atoms with Gasteiger partial charge in [0.1, 0.15) is 0 Å². The van der Waals surface area contributed by atoms with Crippen LogP contribution in [0.1, 0.15) is 39.5 Å². The maximum Gasteiger partial charge on any atom is 0.193 e. The first-order chi connectivity index (χ1) is 8.77. The summed E-state index contributed by atoms with van der Waals surface area (Å²) in [4.78, 5) is 9.49. The van der Waals surface area contributed by atoms with Crippen LogP contribution < -0.4 is 5.32 Å². The van der Waals surface area contributed by atoms with Gasteiger partial charge in [-0.2, -0.15) is 0 Å². The first-order valence-corrected chi connectivity index (χ1v) is 7.49. The maximum absolute atomic E-state index is 4.73. The highest BCUT2D eigenvalue weighted by atomic mass is 127. The summed E-state index contributed by atoms with van der Waals surface area (Å²) in [5, 5.41) is 3.40. The van der Waals surface area contributed by atoms with Crippen molar-refractivity contribution in [2.45, 2.75) is 39.5 Å². The fourth-order valence-electron chi connectivity index (χ4n) is 2.22. The highest BCUT2D eigenvalue weighted by molar-refractivity contribution is 14.0. The summed E-state index contributed by atoms with van der Waals surface area (Å²) < 4.78 is 0. The second-order valence-electron chi connectivity index (χ2n) is 5.09. The van der Waals surface area contributed by atoms with Crippen molar-refractivity contribution in [3.05, 3.63) is 0 Å². The third kappa shape index (κ3) is 7.97. The minimum absolute atomic E-state index is 0. The average molecular weight is 382 g/mol. The Bertz CT molecular complexity index is 240. The van der Waals surface area contributed by atoms with Crippen molar-refractivity contribution in [1.29, 1.82) is 0 Å². The Labute approximate surface area is 136 Å². The first-order valence-electron chi connectivity index (χ1n) is 7.49. The quantitative estimate of drug-likeness (QED) is 0.417. The fourth-order valence-corrected chi connectivity index (χ4v) is 2.22. The number of nitrogens with zero attached hydrogens (tertiary/aromatic N) is 3. The molecule has 4 nitrogen and oxygen atoms in total. The molecule has 114 valence electrons. The molecule has 1 fully saturated rings. The van der Waals surface area contributed by atoms with Crippen molar-refractivity contribution < 1.29 is 0 Å². The summed E-state index contributed by atoms with van der Waals surface area (Å²) in [6.07, 6.45) is 5.16. The number of aliphatic imine (C=N–C) groups is 1. The van der Waals surface area contributed by atoms with Gasteiger partial charge in [0.25, 0.3) is 0 Å². The van der Waals surface area contributed by atoms with Gasteiger partial charge in [0, 0.05) is 26.2 Å². The molecule has 0 aromatic heterocycles. The van der Waals surface area contributed by atoms with E-state index in [9.17, 15) is 0 Å². The van der Waals surface area contributed by atoms with E-state index < -0.39 is 0 Å². The van der Waals surface area contributed by atoms with E-state index in [4.69, 9.17) is 4.99 Å². The van der Waals surface area contributed by atoms with Crippen molar-refractivity contribution in [2.75, 3.05) is 46.3 Å². The molecule has 0 radical (unpaired) electrons. The number of hydrogen-bond acceptors (Lipinski definition) is 2. The lowest BCUT2D eigenvalue weighted by atomic mass is 10.3. The number of likely N-dealkylation sites (N-methyl/N-ethyl adjacent to an activating group) is 1. The summed E-state index contributed by atoms with van der Waals surface area (Å²) in [6.45, 7) is 10.8. The topological polar surface area (TPSA) is 30.9 Å². The molecule has 0 aliphatic carbocycles. The van der Waals surface area contributed by atoms with Crippen LogP contribution in [0.25, 0.3) is 0 Å². The van der Waals surface area contributed by atoms with E-state index in [1.165, 1.54) is 32.2 Å². The maximum atomic E-state index is 4.73. The molecule has 1 aliphatic rings. The molecule has 0 aromatic rings. The van der Waals surface area contributed by atoms with Crippen LogP contribution >= 0.6 is 24.0 Å². The molecule has 0 saturated carbocycles. The largest absolute Gasteiger partial charge is 0.357 e. The fraction of sp³-hybridized carbons (Fsp3) is 0.929. The number of rotatable bonds is 7. The highest BCUT2D eigenvalue weighted by Crippen LogP contribution is 2.07. The Hall–Kier alpha value is -0.0400. The molecule has 0 aromatic carbocycles. The number of nitrogens with one attached hydrogen (secondary N) is 1. The number of likely N-dealkylation sites (tertiary alicyclic amines) is 1. The predicted molar refractivity (Wildman–Crippen MR) is 94.6 cm³/mol. The highest BCUT2D eigenvalue weighted by Gasteiger charge is 2.15. The predicted octanol–water partition coefficient (Wildman–Crippen LogP) is 2.40. The van der Waals surface area contributed by atoms with Gasteiger partial charge in [-0.05, 0) is 39.8 Å². The van der Waals surface area contributed by atoms with Gasteiger partial charge >= 0.3 is 0 Å². The molecule has 1 N–H and O–H groups in total. The lowest BCUT2D eigenvalue weighted by molar-refractivity contribution is 0.336. The molecular weight excluding hydrogens is 351 g/mol. The number of halogens is 1. The van der Waals surface area contributed by atoms with Crippen LogP contribution in [-0.2, 0) is 0 Å². The molecule has 1 saturated heterocycles. The van der Waals surface area contributed by atoms with E-state index in [-0.39, 0.29) is 24.0 Å². The Morgan fingerprint density at radius 1 is 1.21 bits per heavy atom. The van der Waals surface area contributed by atoms with Gasteiger partial charge in [-0.1, -0.05) is 13.3 Å². The first kappa shape index (κ1) is 19.0. The summed E-state index contributed by atoms with van der Waals surface area (Å²) in [5.41, 5.74) is 0. The monoisotopic (exact) mass is 382 g/mol. The molecule has 0 atom stereocenters. The summed E-state index contributed by atoms with van der Waals surface area (Å²) in [5.74, 6) is 1.11. The smallest absolute Gasteiger partial charge is 0.193 e. The third-order valence-electron chi connectivity index (χ3n) is 3.38. The lowest BCUT2D eigenvalue weighted by Gasteiger charge is -2.21.